The van der Waals surface area contributed by atoms with Crippen molar-refractivity contribution in [3.8, 4) is 40.0 Å². The summed E-state index contributed by atoms with van der Waals surface area (Å²) in [5.74, 6) is 1.70. The van der Waals surface area contributed by atoms with Crippen molar-refractivity contribution in [3.63, 3.8) is 0 Å². The van der Waals surface area contributed by atoms with Crippen LogP contribution in [0.2, 0.25) is 0 Å². The minimum Gasteiger partial charge on any atom is -0.456 e. The Bertz CT molecular complexity index is 2430. The highest BCUT2D eigenvalue weighted by Gasteiger charge is 2.20. The molecule has 0 amide bonds. The summed E-state index contributed by atoms with van der Waals surface area (Å²) in [4.78, 5) is 19.2. The van der Waals surface area contributed by atoms with Crippen LogP contribution in [0.25, 0.3) is 83.7 Å². The molecule has 206 valence electrons. The van der Waals surface area contributed by atoms with Gasteiger partial charge in [-0.3, -0.25) is 4.98 Å². The van der Waals surface area contributed by atoms with Gasteiger partial charge in [-0.2, -0.15) is 0 Å². The van der Waals surface area contributed by atoms with E-state index in [2.05, 4.69) is 76.3 Å². The van der Waals surface area contributed by atoms with Crippen molar-refractivity contribution in [2.24, 2.45) is 0 Å². The third-order valence-electron chi connectivity index (χ3n) is 8.10. The molecule has 5 aromatic carbocycles. The lowest BCUT2D eigenvalue weighted by molar-refractivity contribution is 0.669. The Kier molecular flexibility index (Phi) is 5.40. The van der Waals surface area contributed by atoms with E-state index >= 15 is 0 Å². The van der Waals surface area contributed by atoms with Crippen molar-refractivity contribution < 1.29 is 4.42 Å². The molecule has 0 aliphatic heterocycles. The van der Waals surface area contributed by atoms with Gasteiger partial charge in [0.2, 0.25) is 0 Å². The summed E-state index contributed by atoms with van der Waals surface area (Å²) >= 11 is 0. The second-order valence-corrected chi connectivity index (χ2v) is 10.7. The molecule has 0 saturated carbocycles. The third kappa shape index (κ3) is 3.82. The van der Waals surface area contributed by atoms with E-state index < -0.39 is 0 Å². The first-order valence-corrected chi connectivity index (χ1v) is 14.5. The average molecular weight is 566 g/mol. The van der Waals surface area contributed by atoms with Crippen molar-refractivity contribution in [2.45, 2.75) is 0 Å². The summed E-state index contributed by atoms with van der Waals surface area (Å²) in [6, 6.07) is 45.2. The SMILES string of the molecule is c1ccc(-c2nc(-c3ccc4oc5ccc6c7ccccc7n(-c7ccccc7)c6c5c4c3)nc(-c3ccccn3)n2)cc1. The molecule has 4 aromatic heterocycles. The average Bonchev–Trinajstić information content (AvgIpc) is 3.64. The lowest BCUT2D eigenvalue weighted by Crippen LogP contribution is -2.00. The van der Waals surface area contributed by atoms with Crippen LogP contribution in [0.15, 0.2) is 144 Å². The van der Waals surface area contributed by atoms with Crippen LogP contribution in [0.5, 0.6) is 0 Å². The Morgan fingerprint density at radius 1 is 0.500 bits per heavy atom. The van der Waals surface area contributed by atoms with Gasteiger partial charge in [0.15, 0.2) is 17.5 Å². The molecule has 0 bridgehead atoms. The lowest BCUT2D eigenvalue weighted by Gasteiger charge is -2.09. The predicted octanol–water partition coefficient (Wildman–Crippen LogP) is 9.26. The number of hydrogen-bond donors (Lipinski definition) is 0. The van der Waals surface area contributed by atoms with E-state index in [9.17, 15) is 0 Å². The smallest absolute Gasteiger partial charge is 0.182 e. The van der Waals surface area contributed by atoms with Gasteiger partial charge >= 0.3 is 0 Å². The monoisotopic (exact) mass is 565 g/mol. The van der Waals surface area contributed by atoms with E-state index in [1.807, 2.05) is 66.7 Å². The summed E-state index contributed by atoms with van der Waals surface area (Å²) in [7, 11) is 0. The summed E-state index contributed by atoms with van der Waals surface area (Å²) in [6.07, 6.45) is 1.75. The van der Waals surface area contributed by atoms with Gasteiger partial charge < -0.3 is 8.98 Å². The fourth-order valence-corrected chi connectivity index (χ4v) is 6.13. The Hall–Kier alpha value is -6.14. The molecule has 0 atom stereocenters. The number of hydrogen-bond acceptors (Lipinski definition) is 5. The first kappa shape index (κ1) is 24.5. The molecule has 0 saturated heterocycles. The highest BCUT2D eigenvalue weighted by Crippen LogP contribution is 2.41. The van der Waals surface area contributed by atoms with E-state index in [4.69, 9.17) is 19.4 Å². The van der Waals surface area contributed by atoms with Gasteiger partial charge in [-0.1, -0.05) is 72.8 Å². The quantitative estimate of drug-likeness (QED) is 0.213. The maximum absolute atomic E-state index is 6.45. The molecule has 0 unspecified atom stereocenters. The highest BCUT2D eigenvalue weighted by atomic mass is 16.3. The van der Waals surface area contributed by atoms with Crippen LogP contribution < -0.4 is 0 Å². The molecular formula is C38H23N5O. The van der Waals surface area contributed by atoms with Gasteiger partial charge in [-0.15, -0.1) is 0 Å². The second-order valence-electron chi connectivity index (χ2n) is 10.7. The standard InChI is InChI=1S/C38H23N5O/c1-3-11-24(12-4-1)36-40-37(42-38(41-36)30-16-9-10-22-39-30)25-18-20-32-29(23-25)34-33(44-32)21-19-28-27-15-7-8-17-31(27)43(35(28)34)26-13-5-2-6-14-26/h1-23H. The lowest BCUT2D eigenvalue weighted by atomic mass is 10.1. The normalized spacial score (nSPS) is 11.6. The van der Waals surface area contributed by atoms with Crippen LogP contribution in [-0.2, 0) is 0 Å². The summed E-state index contributed by atoms with van der Waals surface area (Å²) in [5.41, 5.74) is 7.48. The summed E-state index contributed by atoms with van der Waals surface area (Å²) in [6.45, 7) is 0. The molecule has 0 N–H and O–H groups in total. The zero-order chi connectivity index (χ0) is 29.0. The van der Waals surface area contributed by atoms with Crippen LogP contribution in [0.1, 0.15) is 0 Å². The zero-order valence-corrected chi connectivity index (χ0v) is 23.4. The van der Waals surface area contributed by atoms with Gasteiger partial charge in [0.25, 0.3) is 0 Å². The van der Waals surface area contributed by atoms with Crippen molar-refractivity contribution >= 4 is 43.7 Å². The van der Waals surface area contributed by atoms with Crippen LogP contribution in [0.4, 0.5) is 0 Å². The summed E-state index contributed by atoms with van der Waals surface area (Å²) < 4.78 is 8.79. The minimum atomic E-state index is 0.526. The molecular weight excluding hydrogens is 542 g/mol. The van der Waals surface area contributed by atoms with Gasteiger partial charge in [0, 0.05) is 39.2 Å². The Morgan fingerprint density at radius 3 is 2.02 bits per heavy atom. The highest BCUT2D eigenvalue weighted by molar-refractivity contribution is 6.24. The Balaban J connectivity index is 1.34. The van der Waals surface area contributed by atoms with Crippen molar-refractivity contribution in [3.05, 3.63) is 140 Å². The fraction of sp³-hybridized carbons (Fsp3) is 0. The molecule has 0 aliphatic carbocycles. The number of fused-ring (bicyclic) bond motifs is 7. The van der Waals surface area contributed by atoms with E-state index in [0.717, 1.165) is 49.8 Å². The maximum Gasteiger partial charge on any atom is 0.182 e. The fourth-order valence-electron chi connectivity index (χ4n) is 6.13. The van der Waals surface area contributed by atoms with Crippen LogP contribution in [-0.4, -0.2) is 24.5 Å². The Morgan fingerprint density at radius 2 is 1.20 bits per heavy atom. The molecule has 0 fully saturated rings. The van der Waals surface area contributed by atoms with E-state index in [-0.39, 0.29) is 0 Å². The molecule has 9 aromatic rings. The van der Waals surface area contributed by atoms with Crippen LogP contribution in [0, 0.1) is 0 Å². The number of rotatable bonds is 4. The maximum atomic E-state index is 6.45. The Labute approximate surface area is 251 Å². The van der Waals surface area contributed by atoms with Crippen molar-refractivity contribution in [1.29, 1.82) is 0 Å². The van der Waals surface area contributed by atoms with E-state index in [1.54, 1.807) is 6.20 Å². The van der Waals surface area contributed by atoms with Crippen LogP contribution in [0.3, 0.4) is 0 Å². The summed E-state index contributed by atoms with van der Waals surface area (Å²) in [5, 5.41) is 4.43. The van der Waals surface area contributed by atoms with Gasteiger partial charge in [0.05, 0.1) is 16.4 Å². The number of pyridine rings is 1. The largest absolute Gasteiger partial charge is 0.456 e. The molecule has 0 radical (unpaired) electrons. The zero-order valence-electron chi connectivity index (χ0n) is 23.4. The molecule has 0 spiro atoms. The van der Waals surface area contributed by atoms with Gasteiger partial charge in [-0.05, 0) is 60.7 Å². The predicted molar refractivity (Wildman–Crippen MR) is 176 cm³/mol. The van der Waals surface area contributed by atoms with E-state index in [1.165, 1.54) is 10.8 Å². The number of furan rings is 1. The van der Waals surface area contributed by atoms with Crippen LogP contribution >= 0.6 is 0 Å². The molecule has 6 nitrogen and oxygen atoms in total. The number of benzene rings is 5. The van der Waals surface area contributed by atoms with E-state index in [0.29, 0.717) is 23.2 Å². The number of nitrogens with zero attached hydrogens (tertiary/aromatic N) is 5. The minimum absolute atomic E-state index is 0.526. The molecule has 44 heavy (non-hydrogen) atoms. The van der Waals surface area contributed by atoms with Crippen molar-refractivity contribution in [2.75, 3.05) is 0 Å². The second kappa shape index (κ2) is 9.71. The molecule has 9 rings (SSSR count). The first-order valence-electron chi connectivity index (χ1n) is 14.5. The van der Waals surface area contributed by atoms with Gasteiger partial charge in [-0.25, -0.2) is 15.0 Å². The number of aromatic nitrogens is 5. The first-order chi connectivity index (χ1) is 21.8. The molecule has 6 heteroatoms. The molecule has 0 aliphatic rings. The third-order valence-corrected chi connectivity index (χ3v) is 8.10. The van der Waals surface area contributed by atoms with Gasteiger partial charge in [0.1, 0.15) is 16.9 Å². The number of para-hydroxylation sites is 2. The topological polar surface area (TPSA) is 69.6 Å². The van der Waals surface area contributed by atoms with Crippen molar-refractivity contribution in [1.82, 2.24) is 24.5 Å². The molecule has 4 heterocycles.